The zero-order chi connectivity index (χ0) is 21.1. The van der Waals surface area contributed by atoms with E-state index >= 15 is 0 Å². The normalized spacial score (nSPS) is 11.7. The van der Waals surface area contributed by atoms with Crippen LogP contribution in [0.4, 0.5) is 0 Å². The first kappa shape index (κ1) is 20.5. The molecule has 0 saturated heterocycles. The van der Waals surface area contributed by atoms with Gasteiger partial charge in [-0.2, -0.15) is 0 Å². The number of ether oxygens (including phenoxy) is 1. The molecule has 30 heavy (non-hydrogen) atoms. The predicted molar refractivity (Wildman–Crippen MR) is 122 cm³/mol. The zero-order valence-electron chi connectivity index (χ0n) is 16.8. The fourth-order valence-electron chi connectivity index (χ4n) is 3.23. The van der Waals surface area contributed by atoms with E-state index in [1.165, 1.54) is 0 Å². The quantitative estimate of drug-likeness (QED) is 0.450. The molecule has 3 aromatic carbocycles. The van der Waals surface area contributed by atoms with Crippen LogP contribution in [0.3, 0.4) is 0 Å². The van der Waals surface area contributed by atoms with Gasteiger partial charge in [0.15, 0.2) is 0 Å². The minimum Gasteiger partial charge on any atom is -0.497 e. The van der Waals surface area contributed by atoms with Crippen molar-refractivity contribution in [3.8, 4) is 16.3 Å². The molecule has 0 aliphatic rings. The maximum absolute atomic E-state index is 12.7. The topological polar surface area (TPSA) is 68.3 Å². The van der Waals surface area contributed by atoms with E-state index in [9.17, 15) is 8.42 Å². The van der Waals surface area contributed by atoms with Gasteiger partial charge in [0.05, 0.1) is 17.7 Å². The van der Waals surface area contributed by atoms with Gasteiger partial charge >= 0.3 is 0 Å². The second kappa shape index (κ2) is 8.55. The van der Waals surface area contributed by atoms with Crippen LogP contribution in [0, 0.1) is 6.92 Å². The number of fused-ring (bicyclic) bond motifs is 1. The Kier molecular flexibility index (Phi) is 5.85. The van der Waals surface area contributed by atoms with Gasteiger partial charge in [-0.15, -0.1) is 11.3 Å². The van der Waals surface area contributed by atoms with Crippen LogP contribution in [0.1, 0.15) is 10.6 Å². The largest absolute Gasteiger partial charge is 0.497 e. The van der Waals surface area contributed by atoms with Gasteiger partial charge < -0.3 is 4.74 Å². The highest BCUT2D eigenvalue weighted by Crippen LogP contribution is 2.29. The fraction of sp³-hybridized carbons (Fsp3) is 0.174. The number of nitrogens with zero attached hydrogens (tertiary/aromatic N) is 1. The number of aromatic nitrogens is 1. The summed E-state index contributed by atoms with van der Waals surface area (Å²) in [5.41, 5.74) is 1.95. The molecular weight excluding hydrogens is 416 g/mol. The van der Waals surface area contributed by atoms with E-state index in [1.54, 1.807) is 30.6 Å². The van der Waals surface area contributed by atoms with Crippen LogP contribution >= 0.6 is 11.3 Å². The lowest BCUT2D eigenvalue weighted by Gasteiger charge is -2.07. The van der Waals surface area contributed by atoms with Crippen molar-refractivity contribution in [1.82, 2.24) is 9.71 Å². The molecule has 0 bridgehead atoms. The second-order valence-corrected chi connectivity index (χ2v) is 9.76. The van der Waals surface area contributed by atoms with Crippen LogP contribution in [0.25, 0.3) is 21.3 Å². The summed E-state index contributed by atoms with van der Waals surface area (Å²) in [5.74, 6) is 0.801. The highest BCUT2D eigenvalue weighted by Gasteiger charge is 2.15. The molecule has 0 aliphatic carbocycles. The van der Waals surface area contributed by atoms with Crippen molar-refractivity contribution in [2.24, 2.45) is 0 Å². The van der Waals surface area contributed by atoms with Crippen molar-refractivity contribution >= 4 is 32.1 Å². The van der Waals surface area contributed by atoms with Crippen molar-refractivity contribution in [3.63, 3.8) is 0 Å². The predicted octanol–water partition coefficient (Wildman–Crippen LogP) is 4.80. The number of rotatable bonds is 7. The molecular formula is C23H22N2O3S2. The molecule has 0 aliphatic heterocycles. The third-order valence-electron chi connectivity index (χ3n) is 4.91. The van der Waals surface area contributed by atoms with Crippen LogP contribution in [0.5, 0.6) is 5.75 Å². The molecule has 0 amide bonds. The molecule has 4 aromatic rings. The standard InChI is InChI=1S/C23H22N2O3S2/c1-16-22(29-23(25-16)18-7-10-20(28-2)11-8-18)13-14-24-30(26,27)21-12-9-17-5-3-4-6-19(17)15-21/h3-12,15,24H,13-14H2,1-2H3. The summed E-state index contributed by atoms with van der Waals surface area (Å²) in [4.78, 5) is 5.99. The van der Waals surface area contributed by atoms with E-state index in [-0.39, 0.29) is 4.90 Å². The fourth-order valence-corrected chi connectivity index (χ4v) is 5.37. The van der Waals surface area contributed by atoms with E-state index < -0.39 is 10.0 Å². The molecule has 1 heterocycles. The molecule has 0 radical (unpaired) electrons. The van der Waals surface area contributed by atoms with E-state index in [2.05, 4.69) is 9.71 Å². The number of methoxy groups -OCH3 is 1. The summed E-state index contributed by atoms with van der Waals surface area (Å²) in [5, 5.41) is 2.84. The third-order valence-corrected chi connectivity index (χ3v) is 7.63. The van der Waals surface area contributed by atoms with Gasteiger partial charge in [-0.3, -0.25) is 0 Å². The molecule has 4 rings (SSSR count). The minimum absolute atomic E-state index is 0.279. The van der Waals surface area contributed by atoms with Gasteiger partial charge in [-0.25, -0.2) is 18.1 Å². The molecule has 1 aromatic heterocycles. The first-order valence-electron chi connectivity index (χ1n) is 9.55. The molecule has 0 unspecified atom stereocenters. The summed E-state index contributed by atoms with van der Waals surface area (Å²) in [6.07, 6.45) is 0.590. The molecule has 0 saturated carbocycles. The van der Waals surface area contributed by atoms with Crippen molar-refractivity contribution < 1.29 is 13.2 Å². The Morgan fingerprint density at radius 3 is 2.47 bits per heavy atom. The maximum atomic E-state index is 12.7. The molecule has 0 atom stereocenters. The van der Waals surface area contributed by atoms with E-state index in [0.717, 1.165) is 37.7 Å². The van der Waals surface area contributed by atoms with Crippen LogP contribution in [0.15, 0.2) is 71.6 Å². The lowest BCUT2D eigenvalue weighted by Crippen LogP contribution is -2.25. The number of hydrogen-bond acceptors (Lipinski definition) is 5. The Labute approximate surface area is 180 Å². The van der Waals surface area contributed by atoms with Crippen LogP contribution in [-0.4, -0.2) is 27.1 Å². The highest BCUT2D eigenvalue weighted by atomic mass is 32.2. The number of aryl methyl sites for hydroxylation is 1. The first-order valence-corrected chi connectivity index (χ1v) is 11.9. The average Bonchev–Trinajstić information content (AvgIpc) is 3.14. The number of thiazole rings is 1. The van der Waals surface area contributed by atoms with Crippen molar-refractivity contribution in [2.75, 3.05) is 13.7 Å². The summed E-state index contributed by atoms with van der Waals surface area (Å²) >= 11 is 1.59. The summed E-state index contributed by atoms with van der Waals surface area (Å²) in [7, 11) is -1.93. The Morgan fingerprint density at radius 2 is 1.73 bits per heavy atom. The third kappa shape index (κ3) is 4.38. The van der Waals surface area contributed by atoms with E-state index in [4.69, 9.17) is 4.74 Å². The SMILES string of the molecule is COc1ccc(-c2nc(C)c(CCNS(=O)(=O)c3ccc4ccccc4c3)s2)cc1. The number of benzene rings is 3. The Bertz CT molecular complexity index is 1280. The van der Waals surface area contributed by atoms with Gasteiger partial charge in [0.2, 0.25) is 10.0 Å². The second-order valence-electron chi connectivity index (χ2n) is 6.91. The van der Waals surface area contributed by atoms with E-state index in [0.29, 0.717) is 13.0 Å². The van der Waals surface area contributed by atoms with Crippen LogP contribution in [-0.2, 0) is 16.4 Å². The van der Waals surface area contributed by atoms with Gasteiger partial charge in [0, 0.05) is 17.0 Å². The van der Waals surface area contributed by atoms with Crippen LogP contribution < -0.4 is 9.46 Å². The molecule has 7 heteroatoms. The van der Waals surface area contributed by atoms with Gasteiger partial charge in [-0.1, -0.05) is 30.3 Å². The Hall–Kier alpha value is -2.74. The summed E-state index contributed by atoms with van der Waals surface area (Å²) in [6, 6.07) is 20.7. The molecule has 0 fully saturated rings. The number of sulfonamides is 1. The van der Waals surface area contributed by atoms with E-state index in [1.807, 2.05) is 61.5 Å². The van der Waals surface area contributed by atoms with Gasteiger partial charge in [-0.05, 0) is 60.5 Å². The summed E-state index contributed by atoms with van der Waals surface area (Å²) in [6.45, 7) is 2.27. The molecule has 1 N–H and O–H groups in total. The summed E-state index contributed by atoms with van der Waals surface area (Å²) < 4.78 is 33.3. The van der Waals surface area contributed by atoms with Crippen LogP contribution in [0.2, 0.25) is 0 Å². The van der Waals surface area contributed by atoms with Gasteiger partial charge in [0.25, 0.3) is 0 Å². The maximum Gasteiger partial charge on any atom is 0.240 e. The smallest absolute Gasteiger partial charge is 0.240 e. The molecule has 154 valence electrons. The first-order chi connectivity index (χ1) is 14.5. The minimum atomic E-state index is -3.57. The Balaban J connectivity index is 1.44. The van der Waals surface area contributed by atoms with Gasteiger partial charge in [0.1, 0.15) is 10.8 Å². The average molecular weight is 439 g/mol. The number of nitrogens with one attached hydrogen (secondary N) is 1. The van der Waals surface area contributed by atoms with Crippen molar-refractivity contribution in [2.45, 2.75) is 18.2 Å². The van der Waals surface area contributed by atoms with Crippen molar-refractivity contribution in [1.29, 1.82) is 0 Å². The molecule has 5 nitrogen and oxygen atoms in total. The Morgan fingerprint density at radius 1 is 1.00 bits per heavy atom. The highest BCUT2D eigenvalue weighted by molar-refractivity contribution is 7.89. The zero-order valence-corrected chi connectivity index (χ0v) is 18.4. The molecule has 0 spiro atoms. The van der Waals surface area contributed by atoms with Crippen molar-refractivity contribution in [3.05, 3.63) is 77.3 Å². The lowest BCUT2D eigenvalue weighted by molar-refractivity contribution is 0.415. The lowest BCUT2D eigenvalue weighted by atomic mass is 10.1. The number of hydrogen-bond donors (Lipinski definition) is 1. The monoisotopic (exact) mass is 438 g/mol.